The molecule has 192 valence electrons. The van der Waals surface area contributed by atoms with Gasteiger partial charge in [-0.2, -0.15) is 0 Å². The molecule has 0 spiro atoms. The molecule has 0 aliphatic carbocycles. The summed E-state index contributed by atoms with van der Waals surface area (Å²) in [4.78, 5) is 48.8. The number of hydrogen-bond donors (Lipinski definition) is 0. The van der Waals surface area contributed by atoms with Crippen molar-refractivity contribution in [1.29, 1.82) is 0 Å². The van der Waals surface area contributed by atoms with E-state index in [0.717, 1.165) is 21.0 Å². The first-order valence-electron chi connectivity index (χ1n) is 11.8. The Labute approximate surface area is 228 Å². The maximum Gasteiger partial charge on any atom is 0.341 e. The number of anilines is 2. The van der Waals surface area contributed by atoms with Gasteiger partial charge in [-0.15, -0.1) is 11.3 Å². The van der Waals surface area contributed by atoms with Gasteiger partial charge in [-0.1, -0.05) is 47.5 Å². The number of thiophene rings is 1. The van der Waals surface area contributed by atoms with Gasteiger partial charge in [0.15, 0.2) is 6.10 Å². The number of esters is 1. The molecule has 1 aromatic heterocycles. The Morgan fingerprint density at radius 3 is 2.49 bits per heavy atom. The Bertz CT molecular complexity index is 1440. The standard InChI is InChI=1S/C27H24Cl2N2O5S/c1-5-35-27(34)20-14(3)15(4)37-26(20)30-24(32)21-22(17-11-10-16(28)12-18(17)29)31(36-23(21)25(30)33)19-9-7-6-8-13(19)2/h6-12,21-23H,5H2,1-4H3/t21-,22-,23+/m1/s1. The highest BCUT2D eigenvalue weighted by Crippen LogP contribution is 2.51. The summed E-state index contributed by atoms with van der Waals surface area (Å²) in [5, 5.41) is 2.66. The van der Waals surface area contributed by atoms with Gasteiger partial charge in [0.2, 0.25) is 5.91 Å². The molecule has 3 heterocycles. The highest BCUT2D eigenvalue weighted by molar-refractivity contribution is 7.17. The Hall–Kier alpha value is -2.91. The fourth-order valence-corrected chi connectivity index (χ4v) is 6.58. The van der Waals surface area contributed by atoms with Crippen molar-refractivity contribution >= 4 is 63.0 Å². The number of amides is 2. The molecule has 2 aliphatic heterocycles. The number of ether oxygens (including phenoxy) is 1. The molecule has 2 aromatic carbocycles. The molecular weight excluding hydrogens is 535 g/mol. The Balaban J connectivity index is 1.63. The molecule has 0 bridgehead atoms. The number of fused-ring (bicyclic) bond motifs is 1. The van der Waals surface area contributed by atoms with Gasteiger partial charge in [-0.3, -0.25) is 14.4 Å². The summed E-state index contributed by atoms with van der Waals surface area (Å²) in [6.45, 7) is 7.42. The molecule has 2 saturated heterocycles. The molecule has 37 heavy (non-hydrogen) atoms. The first-order valence-corrected chi connectivity index (χ1v) is 13.3. The van der Waals surface area contributed by atoms with Gasteiger partial charge in [0.25, 0.3) is 5.91 Å². The summed E-state index contributed by atoms with van der Waals surface area (Å²) in [6, 6.07) is 11.9. The van der Waals surface area contributed by atoms with Crippen molar-refractivity contribution in [3.05, 3.63) is 79.6 Å². The molecule has 5 rings (SSSR count). The van der Waals surface area contributed by atoms with Crippen LogP contribution in [0.5, 0.6) is 0 Å². The van der Waals surface area contributed by atoms with E-state index in [4.69, 9.17) is 32.8 Å². The van der Waals surface area contributed by atoms with E-state index < -0.39 is 35.8 Å². The van der Waals surface area contributed by atoms with E-state index in [1.807, 2.05) is 38.1 Å². The van der Waals surface area contributed by atoms with Crippen LogP contribution in [0.4, 0.5) is 10.7 Å². The lowest BCUT2D eigenvalue weighted by Gasteiger charge is -2.30. The van der Waals surface area contributed by atoms with Crippen LogP contribution in [0.25, 0.3) is 0 Å². The van der Waals surface area contributed by atoms with E-state index >= 15 is 0 Å². The maximum absolute atomic E-state index is 14.1. The monoisotopic (exact) mass is 558 g/mol. The van der Waals surface area contributed by atoms with Gasteiger partial charge >= 0.3 is 5.97 Å². The van der Waals surface area contributed by atoms with Crippen molar-refractivity contribution < 1.29 is 24.0 Å². The van der Waals surface area contributed by atoms with Crippen LogP contribution in [0.2, 0.25) is 10.0 Å². The van der Waals surface area contributed by atoms with E-state index in [1.165, 1.54) is 11.3 Å². The molecule has 0 radical (unpaired) electrons. The normalized spacial score (nSPS) is 21.1. The number of hydroxylamine groups is 1. The highest BCUT2D eigenvalue weighted by atomic mass is 35.5. The molecule has 0 saturated carbocycles. The van der Waals surface area contributed by atoms with Crippen LogP contribution in [0, 0.1) is 26.7 Å². The van der Waals surface area contributed by atoms with E-state index in [1.54, 1.807) is 37.1 Å². The number of para-hydroxylation sites is 1. The fourth-order valence-electron chi connectivity index (χ4n) is 4.90. The number of aryl methyl sites for hydroxylation is 2. The first-order chi connectivity index (χ1) is 17.6. The van der Waals surface area contributed by atoms with E-state index in [0.29, 0.717) is 21.2 Å². The lowest BCUT2D eigenvalue weighted by molar-refractivity contribution is -0.126. The average molecular weight is 559 g/mol. The van der Waals surface area contributed by atoms with Crippen molar-refractivity contribution in [2.45, 2.75) is 39.8 Å². The number of benzene rings is 2. The van der Waals surface area contributed by atoms with E-state index in [9.17, 15) is 14.4 Å². The zero-order valence-corrected chi connectivity index (χ0v) is 22.9. The maximum atomic E-state index is 14.1. The lowest BCUT2D eigenvalue weighted by atomic mass is 9.90. The van der Waals surface area contributed by atoms with Crippen molar-refractivity contribution in [1.82, 2.24) is 0 Å². The zero-order valence-electron chi connectivity index (χ0n) is 20.6. The number of rotatable bonds is 5. The predicted molar refractivity (Wildman–Crippen MR) is 143 cm³/mol. The summed E-state index contributed by atoms with van der Waals surface area (Å²) in [5.41, 5.74) is 3.13. The minimum absolute atomic E-state index is 0.172. The quantitative estimate of drug-likeness (QED) is 0.274. The minimum Gasteiger partial charge on any atom is -0.462 e. The summed E-state index contributed by atoms with van der Waals surface area (Å²) >= 11 is 14.0. The molecule has 2 fully saturated rings. The molecule has 3 atom stereocenters. The SMILES string of the molecule is CCOC(=O)c1c(N2C(=O)[C@H]3[C@H](ON(c4ccccc4C)[C@@H]3c3ccc(Cl)cc3Cl)C2=O)sc(C)c1C. The Kier molecular flexibility index (Phi) is 6.79. The van der Waals surface area contributed by atoms with Gasteiger partial charge in [0.05, 0.1) is 23.9 Å². The second-order valence-corrected chi connectivity index (χ2v) is 11.0. The predicted octanol–water partition coefficient (Wildman–Crippen LogP) is 6.21. The molecular formula is C27H24Cl2N2O5S. The zero-order chi connectivity index (χ0) is 26.6. The molecule has 3 aromatic rings. The number of imide groups is 1. The molecule has 2 amide bonds. The van der Waals surface area contributed by atoms with Gasteiger partial charge in [0.1, 0.15) is 10.9 Å². The second-order valence-electron chi connectivity index (χ2n) is 8.97. The molecule has 0 unspecified atom stereocenters. The van der Waals surface area contributed by atoms with Crippen molar-refractivity contribution in [2.24, 2.45) is 5.92 Å². The van der Waals surface area contributed by atoms with E-state index in [2.05, 4.69) is 0 Å². The molecule has 0 N–H and O–H groups in total. The van der Waals surface area contributed by atoms with Gasteiger partial charge in [0, 0.05) is 14.9 Å². The van der Waals surface area contributed by atoms with Gasteiger partial charge in [-0.05, 0) is 62.6 Å². The smallest absolute Gasteiger partial charge is 0.341 e. The molecule has 2 aliphatic rings. The van der Waals surface area contributed by atoms with Crippen LogP contribution in [0.15, 0.2) is 42.5 Å². The molecule has 10 heteroatoms. The lowest BCUT2D eigenvalue weighted by Crippen LogP contribution is -2.38. The van der Waals surface area contributed by atoms with Crippen LogP contribution in [0.1, 0.15) is 44.9 Å². The highest BCUT2D eigenvalue weighted by Gasteiger charge is 2.61. The number of carbonyl (C=O) groups excluding carboxylic acids is 3. The third kappa shape index (κ3) is 4.12. The fraction of sp³-hybridized carbons (Fsp3) is 0.296. The first kappa shape index (κ1) is 25.7. The minimum atomic E-state index is -1.10. The van der Waals surface area contributed by atoms with Crippen LogP contribution >= 0.6 is 34.5 Å². The van der Waals surface area contributed by atoms with E-state index in [-0.39, 0.29) is 17.2 Å². The number of hydrogen-bond acceptors (Lipinski definition) is 7. The van der Waals surface area contributed by atoms with Crippen LogP contribution in [-0.4, -0.2) is 30.5 Å². The van der Waals surface area contributed by atoms with Gasteiger partial charge < -0.3 is 4.74 Å². The van der Waals surface area contributed by atoms with Gasteiger partial charge in [-0.25, -0.2) is 14.8 Å². The van der Waals surface area contributed by atoms with Crippen molar-refractivity contribution in [3.8, 4) is 0 Å². The average Bonchev–Trinajstić information content (AvgIpc) is 3.45. The third-order valence-corrected chi connectivity index (χ3v) is 8.55. The Morgan fingerprint density at radius 2 is 1.81 bits per heavy atom. The third-order valence-electron chi connectivity index (χ3n) is 6.80. The number of halogens is 2. The van der Waals surface area contributed by atoms with Crippen LogP contribution in [-0.2, 0) is 19.2 Å². The number of nitrogens with zero attached hydrogens (tertiary/aromatic N) is 2. The summed E-state index contributed by atoms with van der Waals surface area (Å²) in [7, 11) is 0. The summed E-state index contributed by atoms with van der Waals surface area (Å²) < 4.78 is 5.24. The number of carbonyl (C=O) groups is 3. The van der Waals surface area contributed by atoms with Crippen molar-refractivity contribution in [2.75, 3.05) is 16.6 Å². The summed E-state index contributed by atoms with van der Waals surface area (Å²) in [6.07, 6.45) is -1.10. The largest absolute Gasteiger partial charge is 0.462 e. The summed E-state index contributed by atoms with van der Waals surface area (Å²) in [5.74, 6) is -2.47. The van der Waals surface area contributed by atoms with Crippen LogP contribution in [0.3, 0.4) is 0 Å². The van der Waals surface area contributed by atoms with Crippen molar-refractivity contribution in [3.63, 3.8) is 0 Å². The second kappa shape index (κ2) is 9.76. The Morgan fingerprint density at radius 1 is 1.08 bits per heavy atom. The molecule has 7 nitrogen and oxygen atoms in total. The topological polar surface area (TPSA) is 76.2 Å². The van der Waals surface area contributed by atoms with Crippen LogP contribution < -0.4 is 9.96 Å².